The van der Waals surface area contributed by atoms with Gasteiger partial charge in [-0.1, -0.05) is 17.3 Å². The van der Waals surface area contributed by atoms with Crippen LogP contribution in [0.4, 0.5) is 13.2 Å². The number of rotatable bonds is 7. The zero-order valence-electron chi connectivity index (χ0n) is 18.3. The minimum atomic E-state index is -4.43. The summed E-state index contributed by atoms with van der Waals surface area (Å²) in [6.45, 7) is 8.15. The van der Waals surface area contributed by atoms with Gasteiger partial charge in [0.15, 0.2) is 0 Å². The number of carbonyl (C=O) groups excluding carboxylic acids is 1. The van der Waals surface area contributed by atoms with Gasteiger partial charge in [0.05, 0.1) is 18.2 Å². The van der Waals surface area contributed by atoms with Crippen molar-refractivity contribution in [2.24, 2.45) is 0 Å². The highest BCUT2D eigenvalue weighted by atomic mass is 19.4. The molecule has 10 heteroatoms. The van der Waals surface area contributed by atoms with Crippen molar-refractivity contribution in [3.63, 3.8) is 0 Å². The third-order valence-electron chi connectivity index (χ3n) is 6.21. The molecule has 0 N–H and O–H groups in total. The topological polar surface area (TPSA) is 65.7 Å². The first-order valence-electron chi connectivity index (χ1n) is 11.0. The highest BCUT2D eigenvalue weighted by molar-refractivity contribution is 5.79. The van der Waals surface area contributed by atoms with Gasteiger partial charge in [-0.25, -0.2) is 0 Å². The Labute approximate surface area is 185 Å². The number of likely N-dealkylation sites (N-methyl/N-ethyl adjacent to an activating group) is 1. The number of nitrogens with zero attached hydrogens (tertiary/aromatic N) is 5. The number of halogens is 3. The minimum absolute atomic E-state index is 0.141. The molecular weight excluding hydrogens is 423 g/mol. The number of hydrogen-bond donors (Lipinski definition) is 0. The first-order chi connectivity index (χ1) is 15.3. The molecule has 1 aliphatic heterocycles. The first kappa shape index (κ1) is 22.7. The van der Waals surface area contributed by atoms with E-state index in [0.29, 0.717) is 18.5 Å². The lowest BCUT2D eigenvalue weighted by molar-refractivity contribution is -0.137. The summed E-state index contributed by atoms with van der Waals surface area (Å²) in [5.74, 6) is 0.703. The second kappa shape index (κ2) is 9.19. The van der Waals surface area contributed by atoms with Crippen LogP contribution in [-0.2, 0) is 11.0 Å². The van der Waals surface area contributed by atoms with E-state index in [1.165, 1.54) is 12.1 Å². The van der Waals surface area contributed by atoms with Crippen molar-refractivity contribution in [2.75, 3.05) is 39.3 Å². The van der Waals surface area contributed by atoms with Gasteiger partial charge in [0.1, 0.15) is 0 Å². The van der Waals surface area contributed by atoms with Crippen molar-refractivity contribution >= 4 is 5.91 Å². The number of aromatic nitrogens is 2. The van der Waals surface area contributed by atoms with Crippen LogP contribution < -0.4 is 0 Å². The zero-order valence-corrected chi connectivity index (χ0v) is 18.3. The van der Waals surface area contributed by atoms with Crippen molar-refractivity contribution in [1.29, 1.82) is 0 Å². The lowest BCUT2D eigenvalue weighted by Gasteiger charge is -2.37. The molecule has 2 fully saturated rings. The molecule has 2 aromatic rings. The molecule has 1 atom stereocenters. The summed E-state index contributed by atoms with van der Waals surface area (Å²) in [5, 5.41) is 3.89. The van der Waals surface area contributed by atoms with Crippen LogP contribution in [-0.4, -0.2) is 76.1 Å². The molecule has 1 saturated heterocycles. The highest BCUT2D eigenvalue weighted by Gasteiger charge is 2.33. The predicted octanol–water partition coefficient (Wildman–Crippen LogP) is 3.44. The molecule has 0 spiro atoms. The van der Waals surface area contributed by atoms with Crippen molar-refractivity contribution in [3.8, 4) is 11.4 Å². The van der Waals surface area contributed by atoms with Gasteiger partial charge in [-0.05, 0) is 38.8 Å². The number of alkyl halides is 3. The van der Waals surface area contributed by atoms with Crippen molar-refractivity contribution in [3.05, 3.63) is 35.7 Å². The standard InChI is InChI=1S/C22H28F3N5O2/c1-3-30(18-7-8-18)19(31)14-28-9-11-29(12-10-28)15(2)21-26-20(27-32-21)16-5-4-6-17(13-16)22(23,24)25/h4-6,13,15,18H,3,7-12,14H2,1-2H3. The second-order valence-electron chi connectivity index (χ2n) is 8.43. The number of benzene rings is 1. The van der Waals surface area contributed by atoms with Crippen LogP contribution in [0.3, 0.4) is 0 Å². The van der Waals surface area contributed by atoms with E-state index in [-0.39, 0.29) is 23.3 Å². The Morgan fingerprint density at radius 2 is 1.97 bits per heavy atom. The largest absolute Gasteiger partial charge is 0.416 e. The minimum Gasteiger partial charge on any atom is -0.339 e. The molecule has 0 radical (unpaired) electrons. The lowest BCUT2D eigenvalue weighted by atomic mass is 10.1. The van der Waals surface area contributed by atoms with Gasteiger partial charge >= 0.3 is 6.18 Å². The smallest absolute Gasteiger partial charge is 0.339 e. The molecular formula is C22H28F3N5O2. The van der Waals surface area contributed by atoms with Crippen LogP contribution in [0.5, 0.6) is 0 Å². The average molecular weight is 451 g/mol. The second-order valence-corrected chi connectivity index (χ2v) is 8.43. The maximum atomic E-state index is 13.0. The van der Waals surface area contributed by atoms with E-state index in [1.807, 2.05) is 18.7 Å². The summed E-state index contributed by atoms with van der Waals surface area (Å²) in [6, 6.07) is 5.17. The molecule has 1 aliphatic carbocycles. The van der Waals surface area contributed by atoms with E-state index < -0.39 is 11.7 Å². The SMILES string of the molecule is CCN(C(=O)CN1CCN(C(C)c2nc(-c3cccc(C(F)(F)F)c3)no2)CC1)C1CC1. The average Bonchev–Trinajstić information content (AvgIpc) is 3.48. The monoisotopic (exact) mass is 451 g/mol. The molecule has 7 nitrogen and oxygen atoms in total. The van der Waals surface area contributed by atoms with Crippen LogP contribution in [0.15, 0.2) is 28.8 Å². The number of piperazine rings is 1. The fourth-order valence-electron chi connectivity index (χ4n) is 4.13. The lowest BCUT2D eigenvalue weighted by Crippen LogP contribution is -2.50. The maximum absolute atomic E-state index is 13.0. The van der Waals surface area contributed by atoms with Crippen LogP contribution in [0.25, 0.3) is 11.4 Å². The van der Waals surface area contributed by atoms with Gasteiger partial charge in [-0.2, -0.15) is 18.2 Å². The van der Waals surface area contributed by atoms with E-state index in [2.05, 4.69) is 19.9 Å². The molecule has 4 rings (SSSR count). The summed E-state index contributed by atoms with van der Waals surface area (Å²) in [7, 11) is 0. The van der Waals surface area contributed by atoms with Gasteiger partial charge in [0.2, 0.25) is 17.6 Å². The van der Waals surface area contributed by atoms with Crippen LogP contribution in [0.2, 0.25) is 0 Å². The molecule has 1 amide bonds. The molecule has 1 aromatic heterocycles. The summed E-state index contributed by atoms with van der Waals surface area (Å²) < 4.78 is 44.3. The molecule has 2 aliphatic rings. The fourth-order valence-corrected chi connectivity index (χ4v) is 4.13. The van der Waals surface area contributed by atoms with Gasteiger partial charge in [0.25, 0.3) is 0 Å². The summed E-state index contributed by atoms with van der Waals surface area (Å²) >= 11 is 0. The van der Waals surface area contributed by atoms with Gasteiger partial charge < -0.3 is 9.42 Å². The Balaban J connectivity index is 1.34. The van der Waals surface area contributed by atoms with E-state index in [1.54, 1.807) is 0 Å². The molecule has 0 bridgehead atoms. The van der Waals surface area contributed by atoms with Crippen molar-refractivity contribution in [2.45, 2.75) is 44.9 Å². The first-order valence-corrected chi connectivity index (χ1v) is 11.0. The van der Waals surface area contributed by atoms with Gasteiger partial charge in [-0.15, -0.1) is 0 Å². The fraction of sp³-hybridized carbons (Fsp3) is 0.591. The quantitative estimate of drug-likeness (QED) is 0.643. The van der Waals surface area contributed by atoms with E-state index in [4.69, 9.17) is 4.52 Å². The van der Waals surface area contributed by atoms with Crippen LogP contribution in [0, 0.1) is 0 Å². The summed E-state index contributed by atoms with van der Waals surface area (Å²) in [6.07, 6.45) is -2.21. The zero-order chi connectivity index (χ0) is 22.9. The predicted molar refractivity (Wildman–Crippen MR) is 112 cm³/mol. The van der Waals surface area contributed by atoms with Gasteiger partial charge in [-0.3, -0.25) is 14.6 Å². The van der Waals surface area contributed by atoms with E-state index in [9.17, 15) is 18.0 Å². The molecule has 1 unspecified atom stereocenters. The van der Waals surface area contributed by atoms with Crippen LogP contribution >= 0.6 is 0 Å². The maximum Gasteiger partial charge on any atom is 0.416 e. The van der Waals surface area contributed by atoms with Crippen molar-refractivity contribution < 1.29 is 22.5 Å². The number of hydrogen-bond acceptors (Lipinski definition) is 6. The Bertz CT molecular complexity index is 936. The Morgan fingerprint density at radius 3 is 2.59 bits per heavy atom. The number of carbonyl (C=O) groups is 1. The molecule has 1 saturated carbocycles. The highest BCUT2D eigenvalue weighted by Crippen LogP contribution is 2.32. The number of amides is 1. The van der Waals surface area contributed by atoms with Gasteiger partial charge in [0, 0.05) is 44.3 Å². The molecule has 32 heavy (non-hydrogen) atoms. The summed E-state index contributed by atoms with van der Waals surface area (Å²) in [5.41, 5.74) is -0.482. The van der Waals surface area contributed by atoms with Crippen molar-refractivity contribution in [1.82, 2.24) is 24.8 Å². The molecule has 2 heterocycles. The third kappa shape index (κ3) is 5.12. The van der Waals surface area contributed by atoms with E-state index in [0.717, 1.165) is 57.7 Å². The molecule has 1 aromatic carbocycles. The molecule has 174 valence electrons. The normalized spacial score (nSPS) is 19.2. The Hall–Kier alpha value is -2.46. The Kier molecular flexibility index (Phi) is 6.52. The summed E-state index contributed by atoms with van der Waals surface area (Å²) in [4.78, 5) is 23.2. The third-order valence-corrected chi connectivity index (χ3v) is 6.21. The van der Waals surface area contributed by atoms with E-state index >= 15 is 0 Å². The Morgan fingerprint density at radius 1 is 1.25 bits per heavy atom. The van der Waals surface area contributed by atoms with Crippen LogP contribution in [0.1, 0.15) is 44.2 Å².